The maximum Gasteiger partial charge on any atom is 0.347 e. The predicted molar refractivity (Wildman–Crippen MR) is 499 cm³/mol. The fourth-order valence-electron chi connectivity index (χ4n) is 25.0. The molecule has 786 valence electrons. The lowest BCUT2D eigenvalue weighted by atomic mass is 9.67. The van der Waals surface area contributed by atoms with Gasteiger partial charge in [0, 0.05) is 30.6 Å². The van der Waals surface area contributed by atoms with E-state index < -0.39 is 141 Å². The zero-order valence-corrected chi connectivity index (χ0v) is 86.7. The summed E-state index contributed by atoms with van der Waals surface area (Å²) in [5.74, 6) is -1.48. The fourth-order valence-corrected chi connectivity index (χ4v) is 25.3. The van der Waals surface area contributed by atoms with Crippen molar-refractivity contribution in [3.8, 4) is 0 Å². The Labute approximate surface area is 848 Å². The molecule has 0 spiro atoms. The third-order valence-electron chi connectivity index (χ3n) is 31.7. The van der Waals surface area contributed by atoms with Gasteiger partial charge in [0.15, 0.2) is 18.3 Å². The number of rotatable bonds is 32. The second-order valence-electron chi connectivity index (χ2n) is 42.0. The minimum atomic E-state index is -1.03. The summed E-state index contributed by atoms with van der Waals surface area (Å²) in [5, 5.41) is -4.36. The lowest BCUT2D eigenvalue weighted by Crippen LogP contribution is -2.47. The van der Waals surface area contributed by atoms with Crippen LogP contribution in [0.4, 0.5) is 0 Å². The zero-order valence-electron chi connectivity index (χ0n) is 82.1. The first-order chi connectivity index (χ1) is 66.6. The predicted octanol–water partition coefficient (Wildman–Crippen LogP) is 15.3. The van der Waals surface area contributed by atoms with E-state index in [2.05, 4.69) is 0 Å². The summed E-state index contributed by atoms with van der Waals surface area (Å²) >= 11 is 34.9. The molecule has 12 aliphatic heterocycles. The van der Waals surface area contributed by atoms with Crippen molar-refractivity contribution in [3.05, 3.63) is 0 Å². The number of fused-ring (bicyclic) bond motifs is 6. The summed E-state index contributed by atoms with van der Waals surface area (Å²) < 4.78 is 99.8. The summed E-state index contributed by atoms with van der Waals surface area (Å²) in [4.78, 5) is 180. The van der Waals surface area contributed by atoms with Crippen molar-refractivity contribution < 1.29 is 157 Å². The molecule has 12 heterocycles. The molecule has 0 amide bonds. The van der Waals surface area contributed by atoms with E-state index in [0.29, 0.717) is 124 Å². The monoisotopic (exact) mass is 2090 g/mol. The molecule has 24 bridgehead atoms. The van der Waals surface area contributed by atoms with Crippen LogP contribution in [0.25, 0.3) is 0 Å². The van der Waals surface area contributed by atoms with Gasteiger partial charge in [-0.15, -0.1) is 69.6 Å². The standard InChI is InChI=1S/C18H25ClO6.2C17H23ClO6.C17H25ClO5.2C16H23ClO5/c1-3-12(19)17(21)23-13(4-2)18(22)25-15-10-5-9-6-11(8-10)16(20)24-14(15)7-9;1-3-12(18)17(21)22-8(2)15(19)24-14-10-4-9-5-11(7-10)16(20)23-13(14)6-9;1-3-12(22-15(19)8(2)18)17(21)24-14-10-4-9-5-11(7-10)16(20)23-13(14)6-9;1-3-12(18)17(20)23-14(4-2)22-15-10-5-9-6-11(8-10)16(19)21-13(15)7-9;1-3-13(22-15(18)8(2)17)21-14-10-4-9-5-11(7-10)16(19)20-12(14)6-9;1-3-12(17)16(19)21-8(2)20-14-10-4-9-5-11(7-10)15(18)22-13(14)6-9/h9-15H,3-8H2,1-2H3;2*8-14H,3-7H2,1-2H3;9-15H,3-8H2,1-2H3;2*8-14H,3-7H2,1-2H3. The molecule has 33 nitrogen and oxygen atoms in total. The number of esters is 15. The average Bonchev–Trinajstić information content (AvgIpc) is 1.58. The molecule has 24 rings (SSSR count). The van der Waals surface area contributed by atoms with Crippen LogP contribution in [0.5, 0.6) is 0 Å². The fraction of sp³-hybridized carbons (Fsp3) is 0.851. The van der Waals surface area contributed by atoms with Gasteiger partial charge in [0.1, 0.15) is 106 Å². The number of ether oxygens (including phenoxy) is 18. The van der Waals surface area contributed by atoms with E-state index in [0.717, 1.165) is 135 Å². The molecule has 0 aromatic rings. The van der Waals surface area contributed by atoms with Gasteiger partial charge in [-0.3, -0.25) is 57.5 Å². The van der Waals surface area contributed by atoms with Crippen molar-refractivity contribution >= 4 is 159 Å². The average molecular weight is 2100 g/mol. The van der Waals surface area contributed by atoms with E-state index in [-0.39, 0.29) is 144 Å². The molecular weight excluding hydrogens is 1950 g/mol. The van der Waals surface area contributed by atoms with E-state index in [1.165, 1.54) is 13.8 Å². The summed E-state index contributed by atoms with van der Waals surface area (Å²) in [5.41, 5.74) is 0. The second kappa shape index (κ2) is 49.9. The van der Waals surface area contributed by atoms with Crippen LogP contribution in [0.15, 0.2) is 0 Å². The lowest BCUT2D eigenvalue weighted by molar-refractivity contribution is -0.220. The molecule has 140 heavy (non-hydrogen) atoms. The van der Waals surface area contributed by atoms with E-state index in [9.17, 15) is 71.9 Å². The topological polar surface area (TPSA) is 422 Å². The molecule has 39 heteroatoms. The molecule has 0 aromatic heterocycles. The highest BCUT2D eigenvalue weighted by atomic mass is 35.5. The van der Waals surface area contributed by atoms with Gasteiger partial charge in [-0.1, -0.05) is 55.4 Å². The normalized spacial score (nSPS) is 37.3. The Balaban J connectivity index is 0.000000142. The minimum absolute atomic E-state index is 0.0206. The molecule has 42 unspecified atom stereocenters. The summed E-state index contributed by atoms with van der Waals surface area (Å²) in [6, 6.07) is 0. The SMILES string of the molecule is CCC(Cl)C(=O)OC(C)C(=O)OC1C2CC3CC(C2)C(=O)OC1C3.CCC(Cl)C(=O)OC(C)OC1C2CC3CC(C2)C(=O)OC1C3.CCC(Cl)C(=O)OC(CC)C(=O)OC1C2CC3CC(C2)C(=O)OC1C3.CCC(OC(=O)C(C)Cl)C(=O)OC1C2CC3CC(C2)C(=O)OC1C3.CCC(OC(=O)C(C)Cl)OC1C2CC3CC(C2)C(=O)OC1C3.CCC(OC(=O)C(Cl)CC)OC1C2CC3CC(C2)C(=O)OC1C3. The van der Waals surface area contributed by atoms with Crippen molar-refractivity contribution in [2.24, 2.45) is 107 Å². The molecular formula is C101H142Cl6O33. The Bertz CT molecular complexity index is 4370. The largest absolute Gasteiger partial charge is 0.459 e. The molecule has 0 radical (unpaired) electrons. The molecule has 12 saturated heterocycles. The van der Waals surface area contributed by atoms with Gasteiger partial charge in [0.05, 0.1) is 35.5 Å². The van der Waals surface area contributed by atoms with Crippen LogP contribution in [0, 0.1) is 107 Å². The first-order valence-electron chi connectivity index (χ1n) is 51.5. The lowest BCUT2D eigenvalue weighted by Gasteiger charge is -2.42. The van der Waals surface area contributed by atoms with Gasteiger partial charge >= 0.3 is 89.5 Å². The van der Waals surface area contributed by atoms with Crippen LogP contribution in [-0.4, -0.2) is 232 Å². The highest BCUT2D eigenvalue weighted by Gasteiger charge is 2.59. The van der Waals surface area contributed by atoms with E-state index in [1.54, 1.807) is 41.5 Å². The molecule has 42 atom stereocenters. The van der Waals surface area contributed by atoms with E-state index in [4.69, 9.17) is 155 Å². The van der Waals surface area contributed by atoms with Gasteiger partial charge in [-0.05, 0) is 274 Å². The molecule has 12 saturated carbocycles. The van der Waals surface area contributed by atoms with Crippen LogP contribution in [0.1, 0.15) is 289 Å². The Morgan fingerprint density at radius 2 is 0.479 bits per heavy atom. The van der Waals surface area contributed by atoms with Gasteiger partial charge in [0.2, 0.25) is 18.9 Å². The van der Waals surface area contributed by atoms with E-state index >= 15 is 0 Å². The summed E-state index contributed by atoms with van der Waals surface area (Å²) in [6.45, 7) is 20.7. The van der Waals surface area contributed by atoms with Crippen molar-refractivity contribution in [1.29, 1.82) is 0 Å². The first-order valence-corrected chi connectivity index (χ1v) is 54.2. The van der Waals surface area contributed by atoms with Crippen molar-refractivity contribution in [2.45, 2.75) is 431 Å². The second-order valence-corrected chi connectivity index (χ2v) is 45.4. The Morgan fingerprint density at radius 1 is 0.250 bits per heavy atom. The van der Waals surface area contributed by atoms with Gasteiger partial charge < -0.3 is 85.3 Å². The summed E-state index contributed by atoms with van der Waals surface area (Å²) in [7, 11) is 0. The Morgan fingerprint density at radius 3 is 0.750 bits per heavy atom. The van der Waals surface area contributed by atoms with Crippen LogP contribution < -0.4 is 0 Å². The molecule has 24 aliphatic rings. The third-order valence-corrected chi connectivity index (χ3v) is 34.0. The van der Waals surface area contributed by atoms with Crippen LogP contribution >= 0.6 is 69.6 Å². The van der Waals surface area contributed by atoms with Crippen molar-refractivity contribution in [2.75, 3.05) is 0 Å². The minimum Gasteiger partial charge on any atom is -0.459 e. The molecule has 12 aliphatic carbocycles. The van der Waals surface area contributed by atoms with Gasteiger partial charge in [0.25, 0.3) is 0 Å². The van der Waals surface area contributed by atoms with Crippen LogP contribution in [0.2, 0.25) is 0 Å². The third kappa shape index (κ3) is 27.5. The van der Waals surface area contributed by atoms with E-state index in [1.807, 2.05) is 27.7 Å². The first kappa shape index (κ1) is 111. The van der Waals surface area contributed by atoms with Gasteiger partial charge in [-0.25, -0.2) is 14.4 Å². The number of hydrogen-bond acceptors (Lipinski definition) is 33. The molecule has 0 N–H and O–H groups in total. The van der Waals surface area contributed by atoms with Crippen LogP contribution in [0.3, 0.4) is 0 Å². The van der Waals surface area contributed by atoms with Crippen LogP contribution in [-0.2, 0) is 157 Å². The number of carbonyl (C=O) groups is 15. The highest BCUT2D eigenvalue weighted by Crippen LogP contribution is 2.55. The maximum absolute atomic E-state index is 12.5. The van der Waals surface area contributed by atoms with Gasteiger partial charge in [-0.2, -0.15) is 0 Å². The molecule has 0 aromatic carbocycles. The van der Waals surface area contributed by atoms with Crippen molar-refractivity contribution in [1.82, 2.24) is 0 Å². The summed E-state index contributed by atoms with van der Waals surface area (Å²) in [6.07, 6.45) is 16.1. The maximum atomic E-state index is 12.5. The Kier molecular flexibility index (Phi) is 39.5. The number of alkyl halides is 6. The zero-order chi connectivity index (χ0) is 101. The van der Waals surface area contributed by atoms with Crippen molar-refractivity contribution in [3.63, 3.8) is 0 Å². The number of halogens is 6. The quantitative estimate of drug-likeness (QED) is 0.0261. The Hall–Kier alpha value is -6.33. The number of carbonyl (C=O) groups excluding carboxylic acids is 15. The smallest absolute Gasteiger partial charge is 0.347 e. The number of hydrogen-bond donors (Lipinski definition) is 0. The molecule has 24 fully saturated rings. The highest BCUT2D eigenvalue weighted by molar-refractivity contribution is 6.31.